The number of benzene rings is 1. The Morgan fingerprint density at radius 3 is 2.75 bits per heavy atom. The van der Waals surface area contributed by atoms with Gasteiger partial charge in [-0.2, -0.15) is 0 Å². The minimum Gasteiger partial charge on any atom is -0.494 e. The van der Waals surface area contributed by atoms with Crippen molar-refractivity contribution in [1.82, 2.24) is 14.9 Å². The fourth-order valence-electron chi connectivity index (χ4n) is 4.49. The Bertz CT molecular complexity index is 1300. The minimum atomic E-state index is -0.642. The molecule has 2 aromatic rings. The minimum absolute atomic E-state index is 0.0248. The van der Waals surface area contributed by atoms with Crippen LogP contribution in [0.25, 0.3) is 11.6 Å². The number of amides is 1. The number of para-hydroxylation sites is 1. The van der Waals surface area contributed by atoms with Gasteiger partial charge in [-0.1, -0.05) is 44.4 Å². The molecule has 1 aliphatic carbocycles. The van der Waals surface area contributed by atoms with Crippen molar-refractivity contribution < 1.29 is 9.90 Å². The van der Waals surface area contributed by atoms with E-state index in [0.29, 0.717) is 25.1 Å². The molecule has 0 bridgehead atoms. The molecule has 4 rings (SSSR count). The number of nitrogens with one attached hydrogen (secondary N) is 2. The van der Waals surface area contributed by atoms with Crippen molar-refractivity contribution in [1.29, 1.82) is 0 Å². The first kappa shape index (κ1) is 21.8. The number of hydrogen-bond donors (Lipinski definition) is 3. The SMILES string of the molecule is CCC(=O)NCCC1=c2ccccc2=NC1=Cc1c(O)n(C2CCCCC2)c(=O)[nH]c1=O. The van der Waals surface area contributed by atoms with E-state index in [4.69, 9.17) is 0 Å². The summed E-state index contributed by atoms with van der Waals surface area (Å²) in [5.74, 6) is -0.351. The maximum absolute atomic E-state index is 12.6. The summed E-state index contributed by atoms with van der Waals surface area (Å²) in [6.45, 7) is 2.23. The summed E-state index contributed by atoms with van der Waals surface area (Å²) in [4.78, 5) is 43.8. The molecule has 1 aromatic carbocycles. The highest BCUT2D eigenvalue weighted by Gasteiger charge is 2.23. The Balaban J connectivity index is 1.77. The molecular formula is C24H28N4O4. The predicted molar refractivity (Wildman–Crippen MR) is 122 cm³/mol. The molecular weight excluding hydrogens is 408 g/mol. The first-order chi connectivity index (χ1) is 15.5. The molecule has 0 atom stereocenters. The van der Waals surface area contributed by atoms with Crippen LogP contribution in [0.5, 0.6) is 5.88 Å². The number of allylic oxidation sites excluding steroid dienone is 1. The first-order valence-electron chi connectivity index (χ1n) is 11.2. The molecule has 32 heavy (non-hydrogen) atoms. The highest BCUT2D eigenvalue weighted by atomic mass is 16.3. The van der Waals surface area contributed by atoms with Crippen LogP contribution in [0, 0.1) is 0 Å². The largest absolute Gasteiger partial charge is 0.494 e. The summed E-state index contributed by atoms with van der Waals surface area (Å²) >= 11 is 0. The Kier molecular flexibility index (Phi) is 6.39. The van der Waals surface area contributed by atoms with Gasteiger partial charge in [0.1, 0.15) is 5.56 Å². The molecule has 1 aliphatic heterocycles. The van der Waals surface area contributed by atoms with Crippen LogP contribution in [0.15, 0.2) is 44.5 Å². The monoisotopic (exact) mass is 436 g/mol. The average molecular weight is 437 g/mol. The normalized spacial score (nSPS) is 17.3. The van der Waals surface area contributed by atoms with Gasteiger partial charge >= 0.3 is 5.69 Å². The molecule has 2 aliphatic rings. The van der Waals surface area contributed by atoms with Crippen LogP contribution in [0.3, 0.4) is 0 Å². The predicted octanol–water partition coefficient (Wildman–Crippen LogP) is 1.49. The van der Waals surface area contributed by atoms with E-state index >= 15 is 0 Å². The average Bonchev–Trinajstić information content (AvgIpc) is 3.14. The second kappa shape index (κ2) is 9.38. The van der Waals surface area contributed by atoms with Crippen LogP contribution in [0.2, 0.25) is 0 Å². The van der Waals surface area contributed by atoms with E-state index in [1.54, 1.807) is 13.0 Å². The molecule has 2 heterocycles. The zero-order chi connectivity index (χ0) is 22.7. The number of fused-ring (bicyclic) bond motifs is 1. The molecule has 8 nitrogen and oxygen atoms in total. The van der Waals surface area contributed by atoms with Gasteiger partial charge in [0, 0.05) is 24.2 Å². The third-order valence-corrected chi connectivity index (χ3v) is 6.17. The topological polar surface area (TPSA) is 117 Å². The number of hydrogen-bond acceptors (Lipinski definition) is 5. The van der Waals surface area contributed by atoms with E-state index in [1.807, 2.05) is 24.3 Å². The Morgan fingerprint density at radius 1 is 1.25 bits per heavy atom. The summed E-state index contributed by atoms with van der Waals surface area (Å²) < 4.78 is 1.32. The molecule has 0 spiro atoms. The van der Waals surface area contributed by atoms with E-state index < -0.39 is 11.2 Å². The fourth-order valence-corrected chi connectivity index (χ4v) is 4.49. The number of nitrogens with zero attached hydrogens (tertiary/aromatic N) is 2. The van der Waals surface area contributed by atoms with Gasteiger partial charge in [-0.15, -0.1) is 0 Å². The smallest absolute Gasteiger partial charge is 0.331 e. The third kappa shape index (κ3) is 4.30. The van der Waals surface area contributed by atoms with Crippen LogP contribution in [0.1, 0.15) is 63.5 Å². The summed E-state index contributed by atoms with van der Waals surface area (Å²) in [6, 6.07) is 7.50. The standard InChI is InChI=1S/C24H28N4O4/c1-2-21(29)25-13-12-17-16-10-6-7-11-19(16)26-20(17)14-18-22(30)27-24(32)28(23(18)31)15-8-4-3-5-9-15/h6-7,10-11,14-15,31H,2-5,8-9,12-13H2,1H3,(H,25,29)(H,27,30,32). The van der Waals surface area contributed by atoms with Gasteiger partial charge in [-0.05, 0) is 37.0 Å². The molecule has 168 valence electrons. The number of rotatable bonds is 6. The fraction of sp³-hybridized carbons (Fsp3) is 0.417. The maximum Gasteiger partial charge on any atom is 0.331 e. The van der Waals surface area contributed by atoms with E-state index in [9.17, 15) is 19.5 Å². The maximum atomic E-state index is 12.6. The highest BCUT2D eigenvalue weighted by Crippen LogP contribution is 2.31. The first-order valence-corrected chi connectivity index (χ1v) is 11.2. The van der Waals surface area contributed by atoms with E-state index in [0.717, 1.165) is 48.3 Å². The highest BCUT2D eigenvalue weighted by molar-refractivity contribution is 5.78. The molecule has 0 unspecified atom stereocenters. The van der Waals surface area contributed by atoms with Crippen molar-refractivity contribution in [2.45, 2.75) is 57.9 Å². The van der Waals surface area contributed by atoms with E-state index in [1.165, 1.54) is 4.57 Å². The lowest BCUT2D eigenvalue weighted by Crippen LogP contribution is -2.34. The number of aromatic nitrogens is 2. The van der Waals surface area contributed by atoms with Gasteiger partial charge < -0.3 is 10.4 Å². The van der Waals surface area contributed by atoms with Crippen molar-refractivity contribution in [3.8, 4) is 5.88 Å². The van der Waals surface area contributed by atoms with Gasteiger partial charge in [0.05, 0.1) is 11.1 Å². The summed E-state index contributed by atoms with van der Waals surface area (Å²) in [7, 11) is 0. The number of carbonyl (C=O) groups excluding carboxylic acids is 1. The van der Waals surface area contributed by atoms with Crippen LogP contribution in [-0.4, -0.2) is 27.1 Å². The molecule has 1 fully saturated rings. The summed E-state index contributed by atoms with van der Waals surface area (Å²) in [6.07, 6.45) is 7.14. The molecule has 0 radical (unpaired) electrons. The van der Waals surface area contributed by atoms with Gasteiger partial charge in [-0.3, -0.25) is 19.1 Å². The lowest BCUT2D eigenvalue weighted by molar-refractivity contribution is -0.120. The van der Waals surface area contributed by atoms with Crippen molar-refractivity contribution in [3.05, 3.63) is 66.9 Å². The number of H-pyrrole nitrogens is 1. The lowest BCUT2D eigenvalue weighted by atomic mass is 9.95. The van der Waals surface area contributed by atoms with Gasteiger partial charge in [-0.25, -0.2) is 9.79 Å². The van der Waals surface area contributed by atoms with Crippen LogP contribution in [0.4, 0.5) is 0 Å². The van der Waals surface area contributed by atoms with Crippen LogP contribution in [-0.2, 0) is 4.79 Å². The van der Waals surface area contributed by atoms with Gasteiger partial charge in [0.2, 0.25) is 11.8 Å². The second-order valence-corrected chi connectivity index (χ2v) is 8.25. The Hall–Kier alpha value is -3.42. The lowest BCUT2D eigenvalue weighted by Gasteiger charge is -2.24. The summed E-state index contributed by atoms with van der Waals surface area (Å²) in [5, 5.41) is 15.5. The number of aromatic hydroxyl groups is 1. The quantitative estimate of drug-likeness (QED) is 0.636. The molecule has 3 N–H and O–H groups in total. The molecule has 0 saturated heterocycles. The van der Waals surface area contributed by atoms with Crippen molar-refractivity contribution in [2.75, 3.05) is 6.54 Å². The Morgan fingerprint density at radius 2 is 2.00 bits per heavy atom. The van der Waals surface area contributed by atoms with Crippen LogP contribution < -0.4 is 27.1 Å². The van der Waals surface area contributed by atoms with Gasteiger partial charge in [0.15, 0.2) is 0 Å². The van der Waals surface area contributed by atoms with Gasteiger partial charge in [0.25, 0.3) is 5.56 Å². The zero-order valence-corrected chi connectivity index (χ0v) is 18.2. The van der Waals surface area contributed by atoms with Crippen molar-refractivity contribution >= 4 is 17.6 Å². The van der Waals surface area contributed by atoms with Crippen LogP contribution >= 0.6 is 0 Å². The van der Waals surface area contributed by atoms with Crippen molar-refractivity contribution in [2.24, 2.45) is 4.99 Å². The van der Waals surface area contributed by atoms with Crippen molar-refractivity contribution in [3.63, 3.8) is 0 Å². The summed E-state index contributed by atoms with van der Waals surface area (Å²) in [5.41, 5.74) is 0.228. The zero-order valence-electron chi connectivity index (χ0n) is 18.2. The van der Waals surface area contributed by atoms with E-state index in [-0.39, 0.29) is 23.4 Å². The third-order valence-electron chi connectivity index (χ3n) is 6.17. The number of aromatic amines is 1. The molecule has 1 saturated carbocycles. The molecule has 8 heteroatoms. The molecule has 1 amide bonds. The Labute approximate surface area is 185 Å². The number of carbonyl (C=O) groups is 1. The van der Waals surface area contributed by atoms with E-state index in [2.05, 4.69) is 15.3 Å². The molecule has 1 aromatic heterocycles. The second-order valence-electron chi connectivity index (χ2n) is 8.25.